The standard InChI is InChI=1S/C26H36O5/c1-2-3-4-5-6-7-8-11-20-30-23-17-12-18-24(21(23)15-13-19-27)31-25-16-10-9-14-22(25)26(28)29/h9-10,12,14,16-18,27H,2-8,11,13,15,19-20H2,1H3,(H,28,29). The molecule has 2 rings (SSSR count). The molecule has 2 aromatic carbocycles. The van der Waals surface area contributed by atoms with Crippen molar-refractivity contribution < 1.29 is 24.5 Å². The third-order valence-electron chi connectivity index (χ3n) is 5.27. The van der Waals surface area contributed by atoms with E-state index in [0.717, 1.165) is 24.2 Å². The summed E-state index contributed by atoms with van der Waals surface area (Å²) in [6.07, 6.45) is 11.1. The Morgan fingerprint density at radius 1 is 0.806 bits per heavy atom. The SMILES string of the molecule is CCCCCCCCCCOc1cccc(Oc2ccccc2C(=O)O)c1CCCO. The van der Waals surface area contributed by atoms with Crippen molar-refractivity contribution >= 4 is 5.97 Å². The largest absolute Gasteiger partial charge is 0.493 e. The maximum absolute atomic E-state index is 11.5. The van der Waals surface area contributed by atoms with Gasteiger partial charge in [0.2, 0.25) is 0 Å². The van der Waals surface area contributed by atoms with Gasteiger partial charge in [-0.05, 0) is 43.5 Å². The summed E-state index contributed by atoms with van der Waals surface area (Å²) in [5.74, 6) is 0.562. The molecule has 31 heavy (non-hydrogen) atoms. The maximum atomic E-state index is 11.5. The molecule has 0 radical (unpaired) electrons. The van der Waals surface area contributed by atoms with Crippen LogP contribution in [0.3, 0.4) is 0 Å². The number of aromatic carboxylic acids is 1. The molecule has 2 N–H and O–H groups in total. The van der Waals surface area contributed by atoms with E-state index in [1.807, 2.05) is 18.2 Å². The van der Waals surface area contributed by atoms with Crippen LogP contribution in [-0.4, -0.2) is 29.4 Å². The molecular formula is C26H36O5. The van der Waals surface area contributed by atoms with E-state index in [4.69, 9.17) is 9.47 Å². The number of hydrogen-bond acceptors (Lipinski definition) is 4. The fraction of sp³-hybridized carbons (Fsp3) is 0.500. The van der Waals surface area contributed by atoms with Gasteiger partial charge in [0.25, 0.3) is 0 Å². The summed E-state index contributed by atoms with van der Waals surface area (Å²) in [5, 5.41) is 18.7. The molecule has 0 aliphatic rings. The van der Waals surface area contributed by atoms with E-state index in [0.29, 0.717) is 30.9 Å². The van der Waals surface area contributed by atoms with Crippen LogP contribution < -0.4 is 9.47 Å². The average molecular weight is 429 g/mol. The highest BCUT2D eigenvalue weighted by Gasteiger charge is 2.15. The predicted molar refractivity (Wildman–Crippen MR) is 123 cm³/mol. The van der Waals surface area contributed by atoms with Crippen LogP contribution in [0.15, 0.2) is 42.5 Å². The fourth-order valence-electron chi connectivity index (χ4n) is 3.55. The second-order valence-corrected chi connectivity index (χ2v) is 7.79. The first-order valence-corrected chi connectivity index (χ1v) is 11.5. The molecule has 0 heterocycles. The predicted octanol–water partition coefficient (Wildman–Crippen LogP) is 6.62. The minimum absolute atomic E-state index is 0.0670. The Hall–Kier alpha value is -2.53. The number of carbonyl (C=O) groups is 1. The molecule has 0 amide bonds. The monoisotopic (exact) mass is 428 g/mol. The van der Waals surface area contributed by atoms with Gasteiger partial charge >= 0.3 is 5.97 Å². The summed E-state index contributed by atoms with van der Waals surface area (Å²) in [4.78, 5) is 11.5. The lowest BCUT2D eigenvalue weighted by atomic mass is 10.1. The zero-order valence-electron chi connectivity index (χ0n) is 18.6. The van der Waals surface area contributed by atoms with Gasteiger partial charge in [0.1, 0.15) is 22.8 Å². The van der Waals surface area contributed by atoms with Crippen LogP contribution in [0.4, 0.5) is 0 Å². The van der Waals surface area contributed by atoms with Crippen molar-refractivity contribution in [1.29, 1.82) is 0 Å². The normalized spacial score (nSPS) is 10.8. The van der Waals surface area contributed by atoms with Crippen LogP contribution in [0.25, 0.3) is 0 Å². The lowest BCUT2D eigenvalue weighted by Crippen LogP contribution is -2.04. The van der Waals surface area contributed by atoms with E-state index in [9.17, 15) is 15.0 Å². The van der Waals surface area contributed by atoms with Crippen molar-refractivity contribution in [3.8, 4) is 17.2 Å². The Labute approximate surface area is 186 Å². The van der Waals surface area contributed by atoms with Crippen molar-refractivity contribution in [2.24, 2.45) is 0 Å². The Balaban J connectivity index is 1.98. The summed E-state index contributed by atoms with van der Waals surface area (Å²) in [6.45, 7) is 2.94. The minimum Gasteiger partial charge on any atom is -0.493 e. The van der Waals surface area contributed by atoms with Crippen molar-refractivity contribution in [2.45, 2.75) is 71.1 Å². The first-order chi connectivity index (χ1) is 15.2. The summed E-state index contributed by atoms with van der Waals surface area (Å²) >= 11 is 0. The number of aliphatic hydroxyl groups is 1. The molecule has 5 nitrogen and oxygen atoms in total. The van der Waals surface area contributed by atoms with Gasteiger partial charge in [0, 0.05) is 12.2 Å². The molecule has 0 fully saturated rings. The van der Waals surface area contributed by atoms with Crippen molar-refractivity contribution in [2.75, 3.05) is 13.2 Å². The number of aliphatic hydroxyl groups excluding tert-OH is 1. The molecule has 0 aliphatic heterocycles. The maximum Gasteiger partial charge on any atom is 0.339 e. The number of rotatable bonds is 16. The van der Waals surface area contributed by atoms with Gasteiger partial charge in [-0.15, -0.1) is 0 Å². The van der Waals surface area contributed by atoms with Crippen molar-refractivity contribution in [1.82, 2.24) is 0 Å². The summed E-state index contributed by atoms with van der Waals surface area (Å²) in [7, 11) is 0. The molecule has 0 aromatic heterocycles. The molecule has 170 valence electrons. The third kappa shape index (κ3) is 8.62. The van der Waals surface area contributed by atoms with E-state index >= 15 is 0 Å². The molecular weight excluding hydrogens is 392 g/mol. The van der Waals surface area contributed by atoms with Crippen LogP contribution in [0.1, 0.15) is 80.6 Å². The van der Waals surface area contributed by atoms with Gasteiger partial charge in [-0.25, -0.2) is 4.79 Å². The molecule has 0 spiro atoms. The molecule has 0 unspecified atom stereocenters. The van der Waals surface area contributed by atoms with Crippen molar-refractivity contribution in [3.63, 3.8) is 0 Å². The Morgan fingerprint density at radius 3 is 2.16 bits per heavy atom. The van der Waals surface area contributed by atoms with Gasteiger partial charge in [-0.3, -0.25) is 0 Å². The zero-order chi connectivity index (χ0) is 22.3. The van der Waals surface area contributed by atoms with Gasteiger partial charge in [0.05, 0.1) is 6.61 Å². The first kappa shape index (κ1) is 24.7. The number of carboxylic acid groups (broad SMARTS) is 1. The van der Waals surface area contributed by atoms with E-state index in [1.165, 1.54) is 44.6 Å². The van der Waals surface area contributed by atoms with Crippen LogP contribution in [0.2, 0.25) is 0 Å². The number of para-hydroxylation sites is 1. The third-order valence-corrected chi connectivity index (χ3v) is 5.27. The Morgan fingerprint density at radius 2 is 1.45 bits per heavy atom. The molecule has 2 aromatic rings. The second-order valence-electron chi connectivity index (χ2n) is 7.79. The minimum atomic E-state index is -1.03. The van der Waals surface area contributed by atoms with E-state index in [2.05, 4.69) is 6.92 Å². The van der Waals surface area contributed by atoms with Gasteiger partial charge in [0.15, 0.2) is 0 Å². The fourth-order valence-corrected chi connectivity index (χ4v) is 3.55. The Bertz CT molecular complexity index is 787. The van der Waals surface area contributed by atoms with Crippen molar-refractivity contribution in [3.05, 3.63) is 53.6 Å². The smallest absolute Gasteiger partial charge is 0.339 e. The van der Waals surface area contributed by atoms with Crippen LogP contribution in [0, 0.1) is 0 Å². The van der Waals surface area contributed by atoms with Gasteiger partial charge in [-0.1, -0.05) is 70.1 Å². The average Bonchev–Trinajstić information content (AvgIpc) is 2.77. The topological polar surface area (TPSA) is 76.0 Å². The summed E-state index contributed by atoms with van der Waals surface area (Å²) < 4.78 is 12.0. The summed E-state index contributed by atoms with van der Waals surface area (Å²) in [6, 6.07) is 12.2. The number of hydrogen-bond donors (Lipinski definition) is 2. The van der Waals surface area contributed by atoms with E-state index in [1.54, 1.807) is 18.2 Å². The first-order valence-electron chi connectivity index (χ1n) is 11.5. The lowest BCUT2D eigenvalue weighted by Gasteiger charge is -2.17. The highest BCUT2D eigenvalue weighted by atomic mass is 16.5. The number of unbranched alkanes of at least 4 members (excludes halogenated alkanes) is 7. The molecule has 0 saturated heterocycles. The second kappa shape index (κ2) is 14.5. The molecule has 5 heteroatoms. The molecule has 0 aliphatic carbocycles. The highest BCUT2D eigenvalue weighted by Crippen LogP contribution is 2.34. The molecule has 0 bridgehead atoms. The number of carboxylic acids is 1. The zero-order valence-corrected chi connectivity index (χ0v) is 18.6. The Kier molecular flexibility index (Phi) is 11.5. The number of ether oxygens (including phenoxy) is 2. The van der Waals surface area contributed by atoms with Gasteiger partial charge < -0.3 is 19.7 Å². The molecule has 0 saturated carbocycles. The number of benzene rings is 2. The lowest BCUT2D eigenvalue weighted by molar-refractivity contribution is 0.0694. The quantitative estimate of drug-likeness (QED) is 0.294. The van der Waals surface area contributed by atoms with E-state index in [-0.39, 0.29) is 12.2 Å². The van der Waals surface area contributed by atoms with Gasteiger partial charge in [-0.2, -0.15) is 0 Å². The van der Waals surface area contributed by atoms with Crippen LogP contribution >= 0.6 is 0 Å². The van der Waals surface area contributed by atoms with E-state index < -0.39 is 5.97 Å². The van der Waals surface area contributed by atoms with Crippen LogP contribution in [-0.2, 0) is 6.42 Å². The van der Waals surface area contributed by atoms with Crippen LogP contribution in [0.5, 0.6) is 17.2 Å². The summed E-state index contributed by atoms with van der Waals surface area (Å²) in [5.41, 5.74) is 0.970. The highest BCUT2D eigenvalue weighted by molar-refractivity contribution is 5.90. The molecule has 0 atom stereocenters.